The van der Waals surface area contributed by atoms with E-state index in [1.54, 1.807) is 84.3 Å². The van der Waals surface area contributed by atoms with Gasteiger partial charge in [-0.15, -0.1) is 0 Å². The molecule has 1 heterocycles. The van der Waals surface area contributed by atoms with Crippen LogP contribution in [0.25, 0.3) is 11.3 Å². The average Bonchev–Trinajstić information content (AvgIpc) is 3.09. The van der Waals surface area contributed by atoms with Crippen LogP contribution < -0.4 is 0 Å². The second-order valence-electron chi connectivity index (χ2n) is 7.73. The number of benzene rings is 3. The van der Waals surface area contributed by atoms with E-state index in [1.165, 1.54) is 12.1 Å². The number of carbonyl (C=O) groups is 1. The summed E-state index contributed by atoms with van der Waals surface area (Å²) in [7, 11) is -3.73. The van der Waals surface area contributed by atoms with Crippen LogP contribution in [0.15, 0.2) is 94.7 Å². The monoisotopic (exact) mass is 463 g/mol. The van der Waals surface area contributed by atoms with E-state index in [9.17, 15) is 22.7 Å². The molecule has 0 fully saturated rings. The van der Waals surface area contributed by atoms with Crippen LogP contribution in [0, 0.1) is 12.7 Å². The van der Waals surface area contributed by atoms with E-state index >= 15 is 0 Å². The Morgan fingerprint density at radius 2 is 1.61 bits per heavy atom. The summed E-state index contributed by atoms with van der Waals surface area (Å²) in [6.45, 7) is 1.50. The van der Waals surface area contributed by atoms with Gasteiger partial charge in [0.25, 0.3) is 0 Å². The van der Waals surface area contributed by atoms with Crippen LogP contribution in [0.5, 0.6) is 0 Å². The van der Waals surface area contributed by atoms with Crippen LogP contribution in [0.1, 0.15) is 16.8 Å². The molecule has 33 heavy (non-hydrogen) atoms. The van der Waals surface area contributed by atoms with Gasteiger partial charge < -0.3 is 9.67 Å². The van der Waals surface area contributed by atoms with Gasteiger partial charge in [0.1, 0.15) is 12.4 Å². The molecule has 0 bridgehead atoms. The van der Waals surface area contributed by atoms with Crippen molar-refractivity contribution in [1.29, 1.82) is 0 Å². The molecule has 4 aromatic rings. The van der Waals surface area contributed by atoms with Gasteiger partial charge in [-0.05, 0) is 54.4 Å². The van der Waals surface area contributed by atoms with Gasteiger partial charge in [0.15, 0.2) is 0 Å². The minimum atomic E-state index is -3.73. The third-order valence-corrected chi connectivity index (χ3v) is 7.45. The van der Waals surface area contributed by atoms with Crippen molar-refractivity contribution in [2.24, 2.45) is 0 Å². The van der Waals surface area contributed by atoms with Crippen molar-refractivity contribution in [3.05, 3.63) is 108 Å². The van der Waals surface area contributed by atoms with Gasteiger partial charge >= 0.3 is 5.97 Å². The van der Waals surface area contributed by atoms with Crippen LogP contribution in [-0.2, 0) is 27.6 Å². The van der Waals surface area contributed by atoms with Gasteiger partial charge in [-0.25, -0.2) is 12.8 Å². The molecule has 0 atom stereocenters. The summed E-state index contributed by atoms with van der Waals surface area (Å²) in [6, 6.07) is 22.8. The molecule has 0 radical (unpaired) electrons. The van der Waals surface area contributed by atoms with E-state index in [0.717, 1.165) is 5.56 Å². The first-order chi connectivity index (χ1) is 15.8. The largest absolute Gasteiger partial charge is 0.480 e. The summed E-state index contributed by atoms with van der Waals surface area (Å²) in [5, 5.41) is 9.42. The molecule has 1 aromatic heterocycles. The highest BCUT2D eigenvalue weighted by atomic mass is 32.2. The molecule has 168 valence electrons. The molecule has 0 aliphatic rings. The first-order valence-electron chi connectivity index (χ1n) is 10.3. The van der Waals surface area contributed by atoms with Crippen LogP contribution in [0.3, 0.4) is 0 Å². The highest BCUT2D eigenvalue weighted by molar-refractivity contribution is 7.91. The molecule has 0 spiro atoms. The summed E-state index contributed by atoms with van der Waals surface area (Å²) in [5.74, 6) is -1.45. The first-order valence-corrected chi connectivity index (χ1v) is 11.8. The van der Waals surface area contributed by atoms with Crippen molar-refractivity contribution in [2.75, 3.05) is 0 Å². The third kappa shape index (κ3) is 4.59. The number of halogens is 1. The Balaban J connectivity index is 1.81. The molecule has 0 aliphatic heterocycles. The zero-order chi connectivity index (χ0) is 23.6. The van der Waals surface area contributed by atoms with E-state index in [-0.39, 0.29) is 22.8 Å². The summed E-state index contributed by atoms with van der Waals surface area (Å²) < 4.78 is 42.0. The van der Waals surface area contributed by atoms with Crippen molar-refractivity contribution in [1.82, 2.24) is 4.57 Å². The van der Waals surface area contributed by atoms with Gasteiger partial charge in [0, 0.05) is 23.4 Å². The van der Waals surface area contributed by atoms with Crippen molar-refractivity contribution in [3.8, 4) is 11.3 Å². The van der Waals surface area contributed by atoms with E-state index < -0.39 is 21.6 Å². The number of carboxylic acids is 1. The van der Waals surface area contributed by atoms with Crippen LogP contribution in [0.4, 0.5) is 4.39 Å². The highest BCUT2D eigenvalue weighted by Gasteiger charge is 2.23. The van der Waals surface area contributed by atoms with Gasteiger partial charge in [-0.1, -0.05) is 48.5 Å². The lowest BCUT2D eigenvalue weighted by Gasteiger charge is -2.12. The minimum absolute atomic E-state index is 0.203. The SMILES string of the molecule is Cc1c(Cc2ccccc2S(=O)(=O)c2ccccc2)cc(-c2cccc(F)c2)n1CC(=O)O. The van der Waals surface area contributed by atoms with Crippen LogP contribution in [0.2, 0.25) is 0 Å². The number of hydrogen-bond acceptors (Lipinski definition) is 3. The zero-order valence-corrected chi connectivity index (χ0v) is 18.7. The fourth-order valence-electron chi connectivity index (χ4n) is 3.95. The predicted molar refractivity (Wildman–Crippen MR) is 123 cm³/mol. The fraction of sp³-hybridized carbons (Fsp3) is 0.115. The number of carboxylic acid groups (broad SMARTS) is 1. The standard InChI is InChI=1S/C26H22FNO4S/c1-18-21(16-24(28(18)17-26(29)30)19-9-7-10-22(27)15-19)14-20-8-5-6-13-25(20)33(31,32)23-11-3-2-4-12-23/h2-13,15-16H,14,17H2,1H3,(H,29,30). The normalized spacial score (nSPS) is 11.5. The van der Waals surface area contributed by atoms with Gasteiger partial charge in [0.2, 0.25) is 9.84 Å². The quantitative estimate of drug-likeness (QED) is 0.413. The summed E-state index contributed by atoms with van der Waals surface area (Å²) in [6.07, 6.45) is 0.281. The Morgan fingerprint density at radius 3 is 2.30 bits per heavy atom. The summed E-state index contributed by atoms with van der Waals surface area (Å²) in [5.41, 5.74) is 3.17. The van der Waals surface area contributed by atoms with E-state index in [0.29, 0.717) is 22.5 Å². The molecule has 7 heteroatoms. The van der Waals surface area contributed by atoms with E-state index in [4.69, 9.17) is 0 Å². The number of aliphatic carboxylic acids is 1. The Labute approximate surface area is 191 Å². The highest BCUT2D eigenvalue weighted by Crippen LogP contribution is 2.31. The molecule has 5 nitrogen and oxygen atoms in total. The zero-order valence-electron chi connectivity index (χ0n) is 17.9. The Hall–Kier alpha value is -3.71. The lowest BCUT2D eigenvalue weighted by Crippen LogP contribution is -2.12. The maximum atomic E-state index is 13.9. The van der Waals surface area contributed by atoms with Crippen LogP contribution in [-0.4, -0.2) is 24.1 Å². The average molecular weight is 464 g/mol. The Morgan fingerprint density at radius 1 is 0.909 bits per heavy atom. The van der Waals surface area contributed by atoms with Crippen molar-refractivity contribution < 1.29 is 22.7 Å². The van der Waals surface area contributed by atoms with E-state index in [1.807, 2.05) is 0 Å². The first kappa shape index (κ1) is 22.5. The van der Waals surface area contributed by atoms with E-state index in [2.05, 4.69) is 0 Å². The number of sulfone groups is 1. The van der Waals surface area contributed by atoms with Crippen molar-refractivity contribution in [3.63, 3.8) is 0 Å². The molecule has 0 saturated carbocycles. The number of rotatable bonds is 7. The lowest BCUT2D eigenvalue weighted by atomic mass is 10.0. The second kappa shape index (κ2) is 9.03. The molecular weight excluding hydrogens is 441 g/mol. The smallest absolute Gasteiger partial charge is 0.323 e. The number of aromatic nitrogens is 1. The molecule has 0 aliphatic carbocycles. The van der Waals surface area contributed by atoms with Gasteiger partial charge in [-0.2, -0.15) is 0 Å². The summed E-state index contributed by atoms with van der Waals surface area (Å²) in [4.78, 5) is 11.9. The van der Waals surface area contributed by atoms with Gasteiger partial charge in [-0.3, -0.25) is 4.79 Å². The Bertz CT molecular complexity index is 1430. The third-order valence-electron chi connectivity index (χ3n) is 5.58. The molecule has 4 rings (SSSR count). The topological polar surface area (TPSA) is 76.4 Å². The Kier molecular flexibility index (Phi) is 6.16. The fourth-order valence-corrected chi connectivity index (χ4v) is 5.46. The molecule has 3 aromatic carbocycles. The van der Waals surface area contributed by atoms with Gasteiger partial charge in [0.05, 0.1) is 9.79 Å². The maximum absolute atomic E-state index is 13.9. The van der Waals surface area contributed by atoms with Crippen LogP contribution >= 0.6 is 0 Å². The summed E-state index contributed by atoms with van der Waals surface area (Å²) >= 11 is 0. The lowest BCUT2D eigenvalue weighted by molar-refractivity contribution is -0.137. The molecule has 0 unspecified atom stereocenters. The molecular formula is C26H22FNO4S. The maximum Gasteiger partial charge on any atom is 0.323 e. The van der Waals surface area contributed by atoms with Crippen molar-refractivity contribution >= 4 is 15.8 Å². The molecule has 1 N–H and O–H groups in total. The minimum Gasteiger partial charge on any atom is -0.480 e. The molecule has 0 saturated heterocycles. The molecule has 0 amide bonds. The van der Waals surface area contributed by atoms with Crippen molar-refractivity contribution in [2.45, 2.75) is 29.7 Å². The predicted octanol–water partition coefficient (Wildman–Crippen LogP) is 5.11. The number of nitrogens with zero attached hydrogens (tertiary/aromatic N) is 1. The number of hydrogen-bond donors (Lipinski definition) is 1. The second-order valence-corrected chi connectivity index (χ2v) is 9.65.